The fourth-order valence-electron chi connectivity index (χ4n) is 8.56. The number of fused-ring (bicyclic) bond motifs is 1. The highest BCUT2D eigenvalue weighted by molar-refractivity contribution is 6.28. The molecule has 0 aliphatic carbocycles. The highest BCUT2D eigenvalue weighted by Gasteiger charge is 2.24. The van der Waals surface area contributed by atoms with Crippen LogP contribution in [0.3, 0.4) is 0 Å². The van der Waals surface area contributed by atoms with Crippen LogP contribution in [0.4, 0.5) is 28.4 Å². The van der Waals surface area contributed by atoms with Gasteiger partial charge in [-0.05, 0) is 135 Å². The molecule has 0 aromatic heterocycles. The fourth-order valence-corrected chi connectivity index (χ4v) is 8.56. The van der Waals surface area contributed by atoms with Crippen LogP contribution in [-0.2, 0) is 6.42 Å². The normalized spacial score (nSPS) is 12.4. The Morgan fingerprint density at radius 1 is 0.473 bits per heavy atom. The van der Waals surface area contributed by atoms with Crippen molar-refractivity contribution in [1.82, 2.24) is 0 Å². The minimum atomic E-state index is 0.623. The number of aryl methyl sites for hydroxylation is 1. The van der Waals surface area contributed by atoms with Gasteiger partial charge in [0, 0.05) is 40.1 Å². The molecular weight excluding hydrogens is 669 g/mol. The Labute approximate surface area is 320 Å². The second-order valence-electron chi connectivity index (χ2n) is 14.3. The first kappa shape index (κ1) is 32.3. The van der Waals surface area contributed by atoms with E-state index in [9.17, 15) is 10.5 Å². The van der Waals surface area contributed by atoms with Gasteiger partial charge in [-0.2, -0.15) is 10.5 Å². The maximum atomic E-state index is 9.74. The molecule has 55 heavy (non-hydrogen) atoms. The monoisotopic (exact) mass is 702 g/mol. The van der Waals surface area contributed by atoms with Crippen molar-refractivity contribution < 1.29 is 0 Å². The third-order valence-corrected chi connectivity index (χ3v) is 11.1. The van der Waals surface area contributed by atoms with Crippen molar-refractivity contribution in [1.29, 1.82) is 10.5 Å². The van der Waals surface area contributed by atoms with Crippen molar-refractivity contribution in [3.8, 4) is 34.4 Å². The van der Waals surface area contributed by atoms with E-state index < -0.39 is 0 Å². The summed E-state index contributed by atoms with van der Waals surface area (Å²) in [6, 6.07) is 64.7. The number of hydrogen-bond acceptors (Lipinski definition) is 4. The Kier molecular flexibility index (Phi) is 7.76. The Morgan fingerprint density at radius 2 is 1.05 bits per heavy atom. The summed E-state index contributed by atoms with van der Waals surface area (Å²) in [4.78, 5) is 4.79. The Hall–Kier alpha value is -7.40. The lowest BCUT2D eigenvalue weighted by atomic mass is 9.91. The third kappa shape index (κ3) is 5.52. The second-order valence-corrected chi connectivity index (χ2v) is 14.3. The molecule has 0 fully saturated rings. The van der Waals surface area contributed by atoms with Crippen LogP contribution in [0.5, 0.6) is 0 Å². The number of benzene rings is 9. The zero-order valence-electron chi connectivity index (χ0n) is 30.1. The topological polar surface area (TPSA) is 54.1 Å². The van der Waals surface area contributed by atoms with E-state index in [4.69, 9.17) is 0 Å². The first-order valence-electron chi connectivity index (χ1n) is 18.7. The van der Waals surface area contributed by atoms with Gasteiger partial charge in [-0.25, -0.2) is 0 Å². The van der Waals surface area contributed by atoms with Crippen LogP contribution in [0.2, 0.25) is 0 Å². The van der Waals surface area contributed by atoms with Gasteiger partial charge in [0.25, 0.3) is 0 Å². The fraction of sp³-hybridized carbons (Fsp3) is 0.0588. The first-order valence-corrected chi connectivity index (χ1v) is 18.7. The molecule has 10 rings (SSSR count). The molecule has 0 spiro atoms. The lowest BCUT2D eigenvalue weighted by Crippen LogP contribution is -2.24. The maximum Gasteiger partial charge on any atom is 0.0991 e. The summed E-state index contributed by atoms with van der Waals surface area (Å²) in [5.41, 5.74) is 12.5. The summed E-state index contributed by atoms with van der Waals surface area (Å²) in [6.45, 7) is 0.919. The summed E-state index contributed by atoms with van der Waals surface area (Å²) < 4.78 is 0. The molecule has 1 heterocycles. The van der Waals surface area contributed by atoms with E-state index in [2.05, 4.69) is 174 Å². The molecule has 4 heteroatoms. The van der Waals surface area contributed by atoms with E-state index in [1.807, 2.05) is 18.2 Å². The van der Waals surface area contributed by atoms with Crippen LogP contribution in [0.25, 0.3) is 54.6 Å². The number of nitriles is 2. The quantitative estimate of drug-likeness (QED) is 0.162. The molecule has 1 aliphatic rings. The Balaban J connectivity index is 1.22. The molecule has 0 amide bonds. The van der Waals surface area contributed by atoms with Gasteiger partial charge in [0.2, 0.25) is 0 Å². The molecule has 0 radical (unpaired) electrons. The summed E-state index contributed by atoms with van der Waals surface area (Å²) in [7, 11) is 0. The summed E-state index contributed by atoms with van der Waals surface area (Å²) in [6.07, 6.45) is 2.00. The van der Waals surface area contributed by atoms with E-state index in [0.717, 1.165) is 64.1 Å². The molecule has 0 bridgehead atoms. The standard InChI is InChI=1S/C51H34N4/c52-32-34-13-20-43(21-14-34)55(44-30-41(36-8-3-1-4-9-36)29-42(31-44)37-10-5-2-6-11-37)49-26-19-39-16-22-45-48(25-18-38-17-23-46(49)51(39)50(38)45)54-27-7-12-40-28-35(33-53)15-24-47(40)54/h1-6,8-11,13-26,28-31H,7,12,27H2. The van der Waals surface area contributed by atoms with Crippen molar-refractivity contribution in [3.63, 3.8) is 0 Å². The molecule has 0 unspecified atom stereocenters. The summed E-state index contributed by atoms with van der Waals surface area (Å²) in [5, 5.41) is 26.6. The van der Waals surface area contributed by atoms with Crippen LogP contribution in [0.15, 0.2) is 170 Å². The van der Waals surface area contributed by atoms with Gasteiger partial charge in [-0.15, -0.1) is 0 Å². The van der Waals surface area contributed by atoms with Gasteiger partial charge in [0.1, 0.15) is 0 Å². The Morgan fingerprint density at radius 3 is 1.73 bits per heavy atom. The van der Waals surface area contributed by atoms with Crippen molar-refractivity contribution >= 4 is 60.8 Å². The van der Waals surface area contributed by atoms with Gasteiger partial charge in [0.05, 0.1) is 29.0 Å². The highest BCUT2D eigenvalue weighted by atomic mass is 15.1. The number of hydrogen-bond donors (Lipinski definition) is 0. The van der Waals surface area contributed by atoms with Crippen molar-refractivity contribution in [2.45, 2.75) is 12.8 Å². The van der Waals surface area contributed by atoms with Crippen LogP contribution in [-0.4, -0.2) is 6.54 Å². The minimum Gasteiger partial charge on any atom is -0.341 e. The summed E-state index contributed by atoms with van der Waals surface area (Å²) in [5.74, 6) is 0. The first-order chi connectivity index (χ1) is 27.2. The maximum absolute atomic E-state index is 9.74. The largest absolute Gasteiger partial charge is 0.341 e. The van der Waals surface area contributed by atoms with Gasteiger partial charge >= 0.3 is 0 Å². The van der Waals surface area contributed by atoms with E-state index >= 15 is 0 Å². The smallest absolute Gasteiger partial charge is 0.0991 e. The van der Waals surface area contributed by atoms with Crippen LogP contribution in [0.1, 0.15) is 23.1 Å². The van der Waals surface area contributed by atoms with Crippen molar-refractivity contribution in [3.05, 3.63) is 187 Å². The average molecular weight is 703 g/mol. The predicted octanol–water partition coefficient (Wildman–Crippen LogP) is 13.2. The van der Waals surface area contributed by atoms with Crippen LogP contribution < -0.4 is 9.80 Å². The molecule has 0 N–H and O–H groups in total. The van der Waals surface area contributed by atoms with Gasteiger partial charge in [0.15, 0.2) is 0 Å². The summed E-state index contributed by atoms with van der Waals surface area (Å²) >= 11 is 0. The molecule has 9 aromatic carbocycles. The highest BCUT2D eigenvalue weighted by Crippen LogP contribution is 2.48. The predicted molar refractivity (Wildman–Crippen MR) is 227 cm³/mol. The minimum absolute atomic E-state index is 0.623. The molecule has 9 aromatic rings. The number of rotatable bonds is 6. The van der Waals surface area contributed by atoms with Gasteiger partial charge in [-0.3, -0.25) is 0 Å². The molecule has 1 aliphatic heterocycles. The van der Waals surface area contributed by atoms with Crippen LogP contribution >= 0.6 is 0 Å². The SMILES string of the molecule is N#Cc1ccc(N(c2cc(-c3ccccc3)cc(-c3ccccc3)c2)c2ccc3ccc4c(N5CCCc6cc(C#N)ccc65)ccc5ccc2c3c54)cc1. The number of anilines is 5. The molecule has 0 saturated carbocycles. The van der Waals surface area contributed by atoms with E-state index in [-0.39, 0.29) is 0 Å². The van der Waals surface area contributed by atoms with E-state index in [1.54, 1.807) is 0 Å². The van der Waals surface area contributed by atoms with Crippen LogP contribution in [0, 0.1) is 22.7 Å². The lowest BCUT2D eigenvalue weighted by Gasteiger charge is -2.33. The molecule has 0 saturated heterocycles. The molecule has 4 nitrogen and oxygen atoms in total. The van der Waals surface area contributed by atoms with Gasteiger partial charge < -0.3 is 9.80 Å². The average Bonchev–Trinajstić information content (AvgIpc) is 3.26. The zero-order chi connectivity index (χ0) is 36.9. The van der Waals surface area contributed by atoms with E-state index in [0.29, 0.717) is 11.1 Å². The Bertz CT molecular complexity index is 2910. The third-order valence-electron chi connectivity index (χ3n) is 11.1. The van der Waals surface area contributed by atoms with Crippen molar-refractivity contribution in [2.24, 2.45) is 0 Å². The molecule has 0 atom stereocenters. The van der Waals surface area contributed by atoms with Crippen molar-refractivity contribution in [2.75, 3.05) is 16.3 Å². The van der Waals surface area contributed by atoms with E-state index in [1.165, 1.54) is 43.9 Å². The lowest BCUT2D eigenvalue weighted by molar-refractivity contribution is 0.768. The second kappa shape index (κ2) is 13.2. The zero-order valence-corrected chi connectivity index (χ0v) is 30.1. The number of nitrogens with zero attached hydrogens (tertiary/aromatic N) is 4. The molecule has 258 valence electrons. The van der Waals surface area contributed by atoms with Gasteiger partial charge in [-0.1, -0.05) is 97.1 Å². The molecular formula is C51H34N4.